The molecule has 0 unspecified atom stereocenters. The van der Waals surface area contributed by atoms with Crippen molar-refractivity contribution in [2.24, 2.45) is 17.9 Å². The van der Waals surface area contributed by atoms with Gasteiger partial charge < -0.3 is 15.8 Å². The molecule has 0 amide bonds. The van der Waals surface area contributed by atoms with Gasteiger partial charge in [-0.1, -0.05) is 5.16 Å². The van der Waals surface area contributed by atoms with Gasteiger partial charge in [0, 0.05) is 32.4 Å². The number of nitrogens with two attached hydrogens (primary N) is 1. The van der Waals surface area contributed by atoms with Gasteiger partial charge in [0.1, 0.15) is 0 Å². The standard InChI is InChI=1S/C11H15N7O/c1-17(6-8-5-14-18(2)7-8)11-9(10(12)16-19)3-4-13-15-11/h3-5,7,19H,6H2,1-2H3,(H2,12,16). The maximum Gasteiger partial charge on any atom is 0.173 e. The second kappa shape index (κ2) is 5.34. The van der Waals surface area contributed by atoms with Gasteiger partial charge in [0.15, 0.2) is 11.7 Å². The topological polar surface area (TPSA) is 105 Å². The van der Waals surface area contributed by atoms with E-state index in [1.54, 1.807) is 16.9 Å². The fourth-order valence-corrected chi connectivity index (χ4v) is 1.76. The van der Waals surface area contributed by atoms with Crippen LogP contribution in [0.2, 0.25) is 0 Å². The second-order valence-electron chi connectivity index (χ2n) is 4.13. The molecule has 0 aliphatic heterocycles. The van der Waals surface area contributed by atoms with E-state index in [-0.39, 0.29) is 5.84 Å². The van der Waals surface area contributed by atoms with Crippen molar-refractivity contribution in [1.82, 2.24) is 20.0 Å². The van der Waals surface area contributed by atoms with Crippen LogP contribution >= 0.6 is 0 Å². The van der Waals surface area contributed by atoms with Crippen LogP contribution in [-0.2, 0) is 13.6 Å². The van der Waals surface area contributed by atoms with Crippen molar-refractivity contribution in [1.29, 1.82) is 0 Å². The second-order valence-corrected chi connectivity index (χ2v) is 4.13. The Hall–Kier alpha value is -2.64. The summed E-state index contributed by atoms with van der Waals surface area (Å²) in [5.41, 5.74) is 7.18. The van der Waals surface area contributed by atoms with Crippen LogP contribution in [0.25, 0.3) is 0 Å². The maximum atomic E-state index is 8.77. The molecule has 2 aromatic heterocycles. The molecular weight excluding hydrogens is 246 g/mol. The Bertz CT molecular complexity index is 592. The van der Waals surface area contributed by atoms with Gasteiger partial charge in [-0.2, -0.15) is 10.2 Å². The zero-order chi connectivity index (χ0) is 13.8. The van der Waals surface area contributed by atoms with Crippen LogP contribution in [0.1, 0.15) is 11.1 Å². The van der Waals surface area contributed by atoms with E-state index in [2.05, 4.69) is 20.5 Å². The van der Waals surface area contributed by atoms with E-state index in [0.717, 1.165) is 5.56 Å². The molecule has 0 aliphatic carbocycles. The third-order valence-electron chi connectivity index (χ3n) is 2.62. The lowest BCUT2D eigenvalue weighted by Gasteiger charge is -2.18. The van der Waals surface area contributed by atoms with Crippen LogP contribution in [-0.4, -0.2) is 38.1 Å². The summed E-state index contributed by atoms with van der Waals surface area (Å²) in [5, 5.41) is 23.7. The minimum Gasteiger partial charge on any atom is -0.409 e. The predicted molar refractivity (Wildman–Crippen MR) is 69.9 cm³/mol. The average molecular weight is 261 g/mol. The molecule has 100 valence electrons. The van der Waals surface area contributed by atoms with Gasteiger partial charge in [0.25, 0.3) is 0 Å². The van der Waals surface area contributed by atoms with Gasteiger partial charge >= 0.3 is 0 Å². The summed E-state index contributed by atoms with van der Waals surface area (Å²) < 4.78 is 1.73. The summed E-state index contributed by atoms with van der Waals surface area (Å²) in [5.74, 6) is 0.546. The number of rotatable bonds is 4. The lowest BCUT2D eigenvalue weighted by atomic mass is 10.2. The Labute approximate surface area is 110 Å². The molecule has 3 N–H and O–H groups in total. The number of hydrogen-bond donors (Lipinski definition) is 2. The first-order valence-electron chi connectivity index (χ1n) is 5.60. The van der Waals surface area contributed by atoms with Gasteiger partial charge in [-0.3, -0.25) is 4.68 Å². The van der Waals surface area contributed by atoms with E-state index in [1.807, 2.05) is 25.2 Å². The smallest absolute Gasteiger partial charge is 0.173 e. The number of aromatic nitrogens is 4. The Morgan fingerprint density at radius 2 is 2.37 bits per heavy atom. The molecule has 2 heterocycles. The normalized spacial score (nSPS) is 11.6. The average Bonchev–Trinajstić information content (AvgIpc) is 2.83. The molecule has 2 aromatic rings. The van der Waals surface area contributed by atoms with Gasteiger partial charge in [0.2, 0.25) is 0 Å². The van der Waals surface area contributed by atoms with Gasteiger partial charge in [-0.15, -0.1) is 5.10 Å². The van der Waals surface area contributed by atoms with Crippen molar-refractivity contribution in [2.75, 3.05) is 11.9 Å². The summed E-state index contributed by atoms with van der Waals surface area (Å²) in [6, 6.07) is 1.65. The third-order valence-corrected chi connectivity index (χ3v) is 2.62. The Kier molecular flexibility index (Phi) is 3.60. The van der Waals surface area contributed by atoms with E-state index in [4.69, 9.17) is 10.9 Å². The molecule has 0 aliphatic rings. The van der Waals surface area contributed by atoms with Crippen LogP contribution < -0.4 is 10.6 Å². The molecule has 0 saturated heterocycles. The van der Waals surface area contributed by atoms with Gasteiger partial charge in [-0.05, 0) is 6.07 Å². The molecule has 0 atom stereocenters. The highest BCUT2D eigenvalue weighted by molar-refractivity contribution is 6.01. The Morgan fingerprint density at radius 3 is 3.00 bits per heavy atom. The third kappa shape index (κ3) is 2.79. The zero-order valence-electron chi connectivity index (χ0n) is 10.7. The van der Waals surface area contributed by atoms with Crippen molar-refractivity contribution in [3.63, 3.8) is 0 Å². The number of oxime groups is 1. The van der Waals surface area contributed by atoms with E-state index in [1.165, 1.54) is 6.20 Å². The molecule has 0 aromatic carbocycles. The zero-order valence-corrected chi connectivity index (χ0v) is 10.7. The summed E-state index contributed by atoms with van der Waals surface area (Å²) in [6.07, 6.45) is 5.18. The molecule has 8 nitrogen and oxygen atoms in total. The highest BCUT2D eigenvalue weighted by Crippen LogP contribution is 2.16. The van der Waals surface area contributed by atoms with E-state index < -0.39 is 0 Å². The van der Waals surface area contributed by atoms with Crippen molar-refractivity contribution < 1.29 is 5.21 Å². The largest absolute Gasteiger partial charge is 0.409 e. The molecule has 0 spiro atoms. The fraction of sp³-hybridized carbons (Fsp3) is 0.273. The number of hydrogen-bond acceptors (Lipinski definition) is 6. The Balaban J connectivity index is 2.26. The van der Waals surface area contributed by atoms with Crippen LogP contribution in [0, 0.1) is 0 Å². The van der Waals surface area contributed by atoms with Crippen LogP contribution in [0.3, 0.4) is 0 Å². The van der Waals surface area contributed by atoms with Crippen molar-refractivity contribution in [2.45, 2.75) is 6.54 Å². The lowest BCUT2D eigenvalue weighted by molar-refractivity contribution is 0.318. The van der Waals surface area contributed by atoms with Crippen molar-refractivity contribution in [3.8, 4) is 0 Å². The highest BCUT2D eigenvalue weighted by atomic mass is 16.4. The quantitative estimate of drug-likeness (QED) is 0.346. The molecule has 0 fully saturated rings. The van der Waals surface area contributed by atoms with E-state index >= 15 is 0 Å². The van der Waals surface area contributed by atoms with Gasteiger partial charge in [-0.25, -0.2) is 0 Å². The molecule has 0 saturated carbocycles. The number of aryl methyl sites for hydroxylation is 1. The first-order valence-corrected chi connectivity index (χ1v) is 5.60. The maximum absolute atomic E-state index is 8.77. The van der Waals surface area contributed by atoms with Crippen LogP contribution in [0.5, 0.6) is 0 Å². The number of anilines is 1. The molecule has 8 heteroatoms. The first-order chi connectivity index (χ1) is 9.11. The van der Waals surface area contributed by atoms with Crippen molar-refractivity contribution in [3.05, 3.63) is 35.8 Å². The van der Waals surface area contributed by atoms with Crippen LogP contribution in [0.15, 0.2) is 29.8 Å². The molecule has 0 radical (unpaired) electrons. The summed E-state index contributed by atoms with van der Waals surface area (Å²) in [4.78, 5) is 1.86. The van der Waals surface area contributed by atoms with E-state index in [9.17, 15) is 0 Å². The molecular formula is C11H15N7O. The highest BCUT2D eigenvalue weighted by Gasteiger charge is 2.13. The minimum atomic E-state index is 0.00272. The first kappa shape index (κ1) is 12.8. The lowest BCUT2D eigenvalue weighted by Crippen LogP contribution is -2.24. The fourth-order valence-electron chi connectivity index (χ4n) is 1.76. The Morgan fingerprint density at radius 1 is 1.58 bits per heavy atom. The number of nitrogens with zero attached hydrogens (tertiary/aromatic N) is 6. The van der Waals surface area contributed by atoms with Gasteiger partial charge in [0.05, 0.1) is 18.0 Å². The summed E-state index contributed by atoms with van der Waals surface area (Å²) in [6.45, 7) is 0.595. The summed E-state index contributed by atoms with van der Waals surface area (Å²) >= 11 is 0. The molecule has 19 heavy (non-hydrogen) atoms. The van der Waals surface area contributed by atoms with Crippen molar-refractivity contribution >= 4 is 11.7 Å². The van der Waals surface area contributed by atoms with Crippen LogP contribution in [0.4, 0.5) is 5.82 Å². The SMILES string of the molecule is CN(Cc1cnn(C)c1)c1nnccc1/C(N)=N/O. The minimum absolute atomic E-state index is 0.00272. The molecule has 0 bridgehead atoms. The predicted octanol–water partition coefficient (Wildman–Crippen LogP) is -0.0590. The number of amidine groups is 1. The summed E-state index contributed by atoms with van der Waals surface area (Å²) in [7, 11) is 3.71. The van der Waals surface area contributed by atoms with E-state index in [0.29, 0.717) is 17.9 Å². The molecule has 2 rings (SSSR count). The monoisotopic (exact) mass is 261 g/mol.